The summed E-state index contributed by atoms with van der Waals surface area (Å²) in [7, 11) is 1.85. The van der Waals surface area contributed by atoms with E-state index in [0.717, 1.165) is 38.5 Å². The van der Waals surface area contributed by atoms with Gasteiger partial charge < -0.3 is 10.0 Å². The number of likely N-dealkylation sites (tertiary alicyclic amines) is 1. The van der Waals surface area contributed by atoms with Gasteiger partial charge >= 0.3 is 5.97 Å². The van der Waals surface area contributed by atoms with Gasteiger partial charge in [-0.1, -0.05) is 12.8 Å². The number of amides is 1. The second-order valence-electron chi connectivity index (χ2n) is 6.61. The van der Waals surface area contributed by atoms with Gasteiger partial charge in [-0.15, -0.1) is 0 Å². The maximum atomic E-state index is 12.3. The highest BCUT2D eigenvalue weighted by Crippen LogP contribution is 2.39. The summed E-state index contributed by atoms with van der Waals surface area (Å²) in [5.41, 5.74) is 0. The summed E-state index contributed by atoms with van der Waals surface area (Å²) in [4.78, 5) is 27.6. The van der Waals surface area contributed by atoms with Gasteiger partial charge in [0.2, 0.25) is 5.91 Å². The molecule has 20 heavy (non-hydrogen) atoms. The van der Waals surface area contributed by atoms with Crippen LogP contribution < -0.4 is 0 Å². The van der Waals surface area contributed by atoms with Crippen molar-refractivity contribution in [1.82, 2.24) is 9.80 Å². The number of hydrogen-bond acceptors (Lipinski definition) is 3. The largest absolute Gasteiger partial charge is 0.480 e. The molecule has 1 amide bonds. The van der Waals surface area contributed by atoms with E-state index in [0.29, 0.717) is 18.0 Å². The van der Waals surface area contributed by atoms with Crippen LogP contribution in [0.4, 0.5) is 0 Å². The minimum Gasteiger partial charge on any atom is -0.480 e. The lowest BCUT2D eigenvalue weighted by molar-refractivity contribution is -0.144. The van der Waals surface area contributed by atoms with Gasteiger partial charge in [-0.25, -0.2) is 0 Å². The van der Waals surface area contributed by atoms with E-state index >= 15 is 0 Å². The van der Waals surface area contributed by atoms with Crippen LogP contribution in [0.5, 0.6) is 0 Å². The number of aliphatic carboxylic acids is 1. The first kappa shape index (κ1) is 13.9. The Hall–Kier alpha value is -1.10. The van der Waals surface area contributed by atoms with E-state index in [1.165, 1.54) is 6.42 Å². The molecule has 2 saturated carbocycles. The molecule has 1 aliphatic heterocycles. The summed E-state index contributed by atoms with van der Waals surface area (Å²) in [5, 5.41) is 9.44. The fourth-order valence-electron chi connectivity index (χ4n) is 3.96. The van der Waals surface area contributed by atoms with Gasteiger partial charge in [0.25, 0.3) is 0 Å². The second kappa shape index (κ2) is 5.35. The van der Waals surface area contributed by atoms with Gasteiger partial charge in [0, 0.05) is 19.1 Å². The molecular formula is C15H24N2O3. The number of nitrogens with zero attached hydrogens (tertiary/aromatic N) is 2. The summed E-state index contributed by atoms with van der Waals surface area (Å²) in [5.74, 6) is -0.199. The molecule has 3 rings (SSSR count). The molecule has 1 N–H and O–H groups in total. The van der Waals surface area contributed by atoms with Crippen LogP contribution >= 0.6 is 0 Å². The Morgan fingerprint density at radius 1 is 1.20 bits per heavy atom. The van der Waals surface area contributed by atoms with Crippen molar-refractivity contribution >= 4 is 11.9 Å². The molecule has 0 spiro atoms. The van der Waals surface area contributed by atoms with E-state index in [4.69, 9.17) is 0 Å². The maximum Gasteiger partial charge on any atom is 0.320 e. The van der Waals surface area contributed by atoms with Crippen molar-refractivity contribution in [1.29, 1.82) is 0 Å². The smallest absolute Gasteiger partial charge is 0.320 e. The molecule has 1 heterocycles. The molecule has 0 aromatic carbocycles. The molecule has 3 aliphatic rings. The van der Waals surface area contributed by atoms with Crippen LogP contribution in [-0.2, 0) is 9.59 Å². The minimum absolute atomic E-state index is 0.0879. The number of likely N-dealkylation sites (N-methyl/N-ethyl adjacent to an activating group) is 1. The summed E-state index contributed by atoms with van der Waals surface area (Å²) in [6.45, 7) is 0.283. The third-order valence-corrected chi connectivity index (χ3v) is 5.31. The lowest BCUT2D eigenvalue weighted by Crippen LogP contribution is -2.48. The number of carboxylic acids is 1. The van der Waals surface area contributed by atoms with Gasteiger partial charge in [-0.05, 0) is 38.0 Å². The highest BCUT2D eigenvalue weighted by Gasteiger charge is 2.46. The molecule has 3 fully saturated rings. The van der Waals surface area contributed by atoms with Crippen LogP contribution in [0.25, 0.3) is 0 Å². The summed E-state index contributed by atoms with van der Waals surface area (Å²) in [6.07, 6.45) is 7.45. The predicted molar refractivity (Wildman–Crippen MR) is 74.3 cm³/mol. The number of carbonyl (C=O) groups is 2. The Bertz CT molecular complexity index is 408. The van der Waals surface area contributed by atoms with Crippen molar-refractivity contribution in [3.8, 4) is 0 Å². The fourth-order valence-corrected chi connectivity index (χ4v) is 3.96. The number of rotatable bonds is 4. The molecule has 0 aromatic heterocycles. The van der Waals surface area contributed by atoms with Crippen LogP contribution in [-0.4, -0.2) is 58.5 Å². The average molecular weight is 280 g/mol. The zero-order chi connectivity index (χ0) is 14.3. The molecule has 5 heteroatoms. The van der Waals surface area contributed by atoms with Crippen LogP contribution in [0.15, 0.2) is 0 Å². The van der Waals surface area contributed by atoms with Gasteiger partial charge in [-0.2, -0.15) is 0 Å². The highest BCUT2D eigenvalue weighted by atomic mass is 16.4. The maximum absolute atomic E-state index is 12.3. The second-order valence-corrected chi connectivity index (χ2v) is 6.61. The first-order valence-corrected chi connectivity index (χ1v) is 7.82. The van der Waals surface area contributed by atoms with Crippen molar-refractivity contribution < 1.29 is 14.7 Å². The SMILES string of the molecule is CN(C(=O)CN1[C@@H]2CCCC[C@H]2C[C@H]1C(=O)O)C1CC1. The third kappa shape index (κ3) is 2.55. The molecule has 0 bridgehead atoms. The summed E-state index contributed by atoms with van der Waals surface area (Å²) in [6, 6.07) is 0.247. The molecule has 112 valence electrons. The minimum atomic E-state index is -0.763. The Kier molecular flexibility index (Phi) is 3.71. The van der Waals surface area contributed by atoms with Crippen LogP contribution in [0.1, 0.15) is 44.9 Å². The quantitative estimate of drug-likeness (QED) is 0.844. The van der Waals surface area contributed by atoms with Crippen LogP contribution in [0, 0.1) is 5.92 Å². The van der Waals surface area contributed by atoms with E-state index in [1.54, 1.807) is 0 Å². The average Bonchev–Trinajstić information content (AvgIpc) is 3.21. The Labute approximate surface area is 119 Å². The third-order valence-electron chi connectivity index (χ3n) is 5.31. The lowest BCUT2D eigenvalue weighted by Gasteiger charge is -2.33. The van der Waals surface area contributed by atoms with E-state index in [-0.39, 0.29) is 12.5 Å². The van der Waals surface area contributed by atoms with E-state index in [2.05, 4.69) is 0 Å². The molecule has 0 radical (unpaired) electrons. The van der Waals surface area contributed by atoms with E-state index in [9.17, 15) is 14.7 Å². The van der Waals surface area contributed by atoms with Crippen molar-refractivity contribution in [3.63, 3.8) is 0 Å². The molecule has 3 atom stereocenters. The molecular weight excluding hydrogens is 256 g/mol. The Morgan fingerprint density at radius 3 is 2.55 bits per heavy atom. The topological polar surface area (TPSA) is 60.9 Å². The van der Waals surface area contributed by atoms with Crippen LogP contribution in [0.2, 0.25) is 0 Å². The van der Waals surface area contributed by atoms with E-state index < -0.39 is 12.0 Å². The Morgan fingerprint density at radius 2 is 1.90 bits per heavy atom. The summed E-state index contributed by atoms with van der Waals surface area (Å²) >= 11 is 0. The normalized spacial score (nSPS) is 33.8. The monoisotopic (exact) mass is 280 g/mol. The zero-order valence-corrected chi connectivity index (χ0v) is 12.1. The first-order valence-electron chi connectivity index (χ1n) is 7.82. The van der Waals surface area contributed by atoms with Crippen molar-refractivity contribution in [2.75, 3.05) is 13.6 Å². The molecule has 1 saturated heterocycles. The number of carboxylic acid groups (broad SMARTS) is 1. The molecule has 5 nitrogen and oxygen atoms in total. The Balaban J connectivity index is 1.70. The van der Waals surface area contributed by atoms with Gasteiger partial charge in [-0.3, -0.25) is 14.5 Å². The lowest BCUT2D eigenvalue weighted by atomic mass is 9.85. The van der Waals surface area contributed by atoms with Crippen LogP contribution in [0.3, 0.4) is 0 Å². The first-order chi connectivity index (χ1) is 9.58. The van der Waals surface area contributed by atoms with Gasteiger partial charge in [0.1, 0.15) is 6.04 Å². The van der Waals surface area contributed by atoms with Crippen molar-refractivity contribution in [2.24, 2.45) is 5.92 Å². The zero-order valence-electron chi connectivity index (χ0n) is 12.1. The van der Waals surface area contributed by atoms with Crippen molar-refractivity contribution in [3.05, 3.63) is 0 Å². The van der Waals surface area contributed by atoms with E-state index in [1.807, 2.05) is 16.8 Å². The number of carbonyl (C=O) groups excluding carboxylic acids is 1. The van der Waals surface area contributed by atoms with Gasteiger partial charge in [0.15, 0.2) is 0 Å². The summed E-state index contributed by atoms with van der Waals surface area (Å²) < 4.78 is 0. The highest BCUT2D eigenvalue weighted by molar-refractivity contribution is 5.80. The number of fused-ring (bicyclic) bond motifs is 1. The molecule has 2 aliphatic carbocycles. The molecule has 0 aromatic rings. The fraction of sp³-hybridized carbons (Fsp3) is 0.867. The molecule has 0 unspecified atom stereocenters. The van der Waals surface area contributed by atoms with Crippen molar-refractivity contribution in [2.45, 2.75) is 63.1 Å². The predicted octanol–water partition coefficient (Wildman–Crippen LogP) is 1.32. The standard InChI is InChI=1S/C15H24N2O3/c1-16(11-6-7-11)14(18)9-17-12-5-3-2-4-10(12)8-13(17)15(19)20/h10-13H,2-9H2,1H3,(H,19,20)/t10-,12+,13-/m0/s1. The number of hydrogen-bond donors (Lipinski definition) is 1. The van der Waals surface area contributed by atoms with Gasteiger partial charge in [0.05, 0.1) is 6.54 Å².